The molecule has 0 unspecified atom stereocenters. The minimum absolute atomic E-state index is 0.202. The molecule has 0 spiro atoms. The minimum Gasteiger partial charge on any atom is -0.489 e. The molecular weight excluding hydrogens is 251 g/mol. The van der Waals surface area contributed by atoms with Crippen LogP contribution in [0.1, 0.15) is 16.7 Å². The number of halogens is 2. The second-order valence-corrected chi connectivity index (χ2v) is 4.66. The first-order valence-electron chi connectivity index (χ1n) is 5.71. The normalized spacial score (nSPS) is 10.4. The Labute approximate surface area is 111 Å². The zero-order valence-electron chi connectivity index (χ0n) is 10.3. The van der Waals surface area contributed by atoms with Gasteiger partial charge in [0, 0.05) is 10.6 Å². The number of ether oxygens (including phenoxy) is 1. The Morgan fingerprint density at radius 1 is 1.17 bits per heavy atom. The van der Waals surface area contributed by atoms with E-state index >= 15 is 0 Å². The van der Waals surface area contributed by atoms with Gasteiger partial charge in [-0.1, -0.05) is 29.8 Å². The molecule has 94 valence electrons. The average molecular weight is 265 g/mol. The maximum Gasteiger partial charge on any atom is 0.131 e. The first kappa shape index (κ1) is 12.9. The van der Waals surface area contributed by atoms with E-state index in [1.165, 1.54) is 6.07 Å². The molecular formula is C15H14ClFO. The zero-order chi connectivity index (χ0) is 13.1. The lowest BCUT2D eigenvalue weighted by molar-refractivity contribution is 0.297. The van der Waals surface area contributed by atoms with Crippen molar-refractivity contribution in [3.8, 4) is 5.75 Å². The molecule has 0 saturated heterocycles. The predicted octanol–water partition coefficient (Wildman–Crippen LogP) is 4.67. The Balaban J connectivity index is 2.14. The Morgan fingerprint density at radius 3 is 2.67 bits per heavy atom. The van der Waals surface area contributed by atoms with Gasteiger partial charge in [-0.2, -0.15) is 0 Å². The van der Waals surface area contributed by atoms with Gasteiger partial charge in [0.15, 0.2) is 0 Å². The fourth-order valence-corrected chi connectivity index (χ4v) is 1.83. The number of aryl methyl sites for hydroxylation is 1. The molecule has 3 heteroatoms. The van der Waals surface area contributed by atoms with Crippen LogP contribution in [0.3, 0.4) is 0 Å². The summed E-state index contributed by atoms with van der Waals surface area (Å²) in [5.74, 6) is 0.442. The maximum absolute atomic E-state index is 13.6. The standard InChI is InChI=1S/C15H14ClFO/c1-10-4-3-5-15(11(10)2)18-9-12-6-7-13(16)8-14(12)17/h3-8H,9H2,1-2H3. The number of rotatable bonds is 3. The summed E-state index contributed by atoms with van der Waals surface area (Å²) in [5, 5.41) is 0.392. The molecule has 0 atom stereocenters. The van der Waals surface area contributed by atoms with E-state index in [0.29, 0.717) is 10.6 Å². The molecule has 0 aliphatic rings. The Hall–Kier alpha value is -1.54. The highest BCUT2D eigenvalue weighted by atomic mass is 35.5. The lowest BCUT2D eigenvalue weighted by Crippen LogP contribution is -2.00. The van der Waals surface area contributed by atoms with Gasteiger partial charge in [-0.05, 0) is 43.2 Å². The van der Waals surface area contributed by atoms with Crippen LogP contribution < -0.4 is 4.74 Å². The van der Waals surface area contributed by atoms with Crippen LogP contribution in [0.4, 0.5) is 4.39 Å². The highest BCUT2D eigenvalue weighted by molar-refractivity contribution is 6.30. The van der Waals surface area contributed by atoms with Gasteiger partial charge in [0.25, 0.3) is 0 Å². The van der Waals surface area contributed by atoms with Crippen LogP contribution >= 0.6 is 11.6 Å². The van der Waals surface area contributed by atoms with Crippen LogP contribution in [0.25, 0.3) is 0 Å². The van der Waals surface area contributed by atoms with E-state index in [-0.39, 0.29) is 12.4 Å². The van der Waals surface area contributed by atoms with Gasteiger partial charge >= 0.3 is 0 Å². The van der Waals surface area contributed by atoms with Crippen molar-refractivity contribution in [2.24, 2.45) is 0 Å². The van der Waals surface area contributed by atoms with Gasteiger partial charge in [0.05, 0.1) is 0 Å². The first-order valence-corrected chi connectivity index (χ1v) is 6.08. The molecule has 0 aliphatic carbocycles. The maximum atomic E-state index is 13.6. The monoisotopic (exact) mass is 264 g/mol. The summed E-state index contributed by atoms with van der Waals surface area (Å²) in [7, 11) is 0. The van der Waals surface area contributed by atoms with Crippen LogP contribution in [0.5, 0.6) is 5.75 Å². The van der Waals surface area contributed by atoms with Crippen LogP contribution in [0.15, 0.2) is 36.4 Å². The molecule has 0 radical (unpaired) electrons. The zero-order valence-corrected chi connectivity index (χ0v) is 11.1. The fraction of sp³-hybridized carbons (Fsp3) is 0.200. The number of hydrogen-bond donors (Lipinski definition) is 0. The Bertz CT molecular complexity index is 566. The molecule has 0 amide bonds. The lowest BCUT2D eigenvalue weighted by Gasteiger charge is -2.11. The third kappa shape index (κ3) is 2.82. The van der Waals surface area contributed by atoms with E-state index in [1.807, 2.05) is 32.0 Å². The van der Waals surface area contributed by atoms with Crippen LogP contribution in [0, 0.1) is 19.7 Å². The van der Waals surface area contributed by atoms with Crippen molar-refractivity contribution in [1.29, 1.82) is 0 Å². The van der Waals surface area contributed by atoms with E-state index in [4.69, 9.17) is 16.3 Å². The fourth-order valence-electron chi connectivity index (χ4n) is 1.67. The SMILES string of the molecule is Cc1cccc(OCc2ccc(Cl)cc2F)c1C. The van der Waals surface area contributed by atoms with Crippen LogP contribution in [-0.4, -0.2) is 0 Å². The van der Waals surface area contributed by atoms with Gasteiger partial charge in [-0.25, -0.2) is 4.39 Å². The third-order valence-corrected chi connectivity index (χ3v) is 3.19. The van der Waals surface area contributed by atoms with Crippen molar-refractivity contribution < 1.29 is 9.13 Å². The second-order valence-electron chi connectivity index (χ2n) is 4.22. The van der Waals surface area contributed by atoms with Gasteiger partial charge in [0.2, 0.25) is 0 Å². The number of benzene rings is 2. The predicted molar refractivity (Wildman–Crippen MR) is 71.7 cm³/mol. The summed E-state index contributed by atoms with van der Waals surface area (Å²) in [4.78, 5) is 0. The molecule has 0 fully saturated rings. The van der Waals surface area contributed by atoms with E-state index in [2.05, 4.69) is 0 Å². The van der Waals surface area contributed by atoms with Gasteiger partial charge in [0.1, 0.15) is 18.2 Å². The van der Waals surface area contributed by atoms with E-state index in [1.54, 1.807) is 12.1 Å². The summed E-state index contributed by atoms with van der Waals surface area (Å²) >= 11 is 5.70. The molecule has 0 aliphatic heterocycles. The molecule has 1 nitrogen and oxygen atoms in total. The summed E-state index contributed by atoms with van der Waals surface area (Å²) in [6.07, 6.45) is 0. The summed E-state index contributed by atoms with van der Waals surface area (Å²) in [5.41, 5.74) is 2.73. The summed E-state index contributed by atoms with van der Waals surface area (Å²) in [6.45, 7) is 4.21. The van der Waals surface area contributed by atoms with Crippen molar-refractivity contribution >= 4 is 11.6 Å². The average Bonchev–Trinajstić information content (AvgIpc) is 2.33. The van der Waals surface area contributed by atoms with Crippen molar-refractivity contribution in [3.05, 3.63) is 63.9 Å². The lowest BCUT2D eigenvalue weighted by atomic mass is 10.1. The molecule has 2 aromatic rings. The number of hydrogen-bond acceptors (Lipinski definition) is 1. The molecule has 0 aromatic heterocycles. The summed E-state index contributed by atoms with van der Waals surface area (Å²) in [6, 6.07) is 10.4. The van der Waals surface area contributed by atoms with Crippen molar-refractivity contribution in [1.82, 2.24) is 0 Å². The molecule has 0 bridgehead atoms. The Kier molecular flexibility index (Phi) is 3.87. The quantitative estimate of drug-likeness (QED) is 0.782. The van der Waals surface area contributed by atoms with E-state index < -0.39 is 0 Å². The molecule has 18 heavy (non-hydrogen) atoms. The van der Waals surface area contributed by atoms with E-state index in [9.17, 15) is 4.39 Å². The van der Waals surface area contributed by atoms with Crippen LogP contribution in [0.2, 0.25) is 5.02 Å². The molecule has 2 aromatic carbocycles. The van der Waals surface area contributed by atoms with Crippen LogP contribution in [-0.2, 0) is 6.61 Å². The molecule has 0 saturated carbocycles. The largest absolute Gasteiger partial charge is 0.489 e. The van der Waals surface area contributed by atoms with Crippen molar-refractivity contribution in [2.75, 3.05) is 0 Å². The van der Waals surface area contributed by atoms with Gasteiger partial charge in [-0.3, -0.25) is 0 Å². The molecule has 2 rings (SSSR count). The molecule has 0 N–H and O–H groups in total. The van der Waals surface area contributed by atoms with Crippen molar-refractivity contribution in [3.63, 3.8) is 0 Å². The van der Waals surface area contributed by atoms with Gasteiger partial charge < -0.3 is 4.74 Å². The highest BCUT2D eigenvalue weighted by Crippen LogP contribution is 2.22. The van der Waals surface area contributed by atoms with Crippen molar-refractivity contribution in [2.45, 2.75) is 20.5 Å². The van der Waals surface area contributed by atoms with E-state index in [0.717, 1.165) is 16.9 Å². The topological polar surface area (TPSA) is 9.23 Å². The van der Waals surface area contributed by atoms with Gasteiger partial charge in [-0.15, -0.1) is 0 Å². The first-order chi connectivity index (χ1) is 8.58. The second kappa shape index (κ2) is 5.40. The minimum atomic E-state index is -0.340. The molecule has 0 heterocycles. The third-order valence-electron chi connectivity index (χ3n) is 2.95. The smallest absolute Gasteiger partial charge is 0.131 e. The highest BCUT2D eigenvalue weighted by Gasteiger charge is 2.06. The summed E-state index contributed by atoms with van der Waals surface area (Å²) < 4.78 is 19.2. The Morgan fingerprint density at radius 2 is 1.94 bits per heavy atom.